The van der Waals surface area contributed by atoms with Crippen LogP contribution in [0, 0.1) is 0 Å². The van der Waals surface area contributed by atoms with Gasteiger partial charge in [-0.1, -0.05) is 154 Å². The van der Waals surface area contributed by atoms with Crippen LogP contribution in [0.4, 0.5) is 17.1 Å². The number of hydrogen-bond donors (Lipinski definition) is 0. The Kier molecular flexibility index (Phi) is 7.11. The van der Waals surface area contributed by atoms with Gasteiger partial charge in [0.2, 0.25) is 0 Å². The Labute approximate surface area is 316 Å². The van der Waals surface area contributed by atoms with Crippen LogP contribution in [0.3, 0.4) is 0 Å². The monoisotopic (exact) mass is 689 g/mol. The Bertz CT molecular complexity index is 2540. The first kappa shape index (κ1) is 33.7. The minimum atomic E-state index is -0.201. The SMILES string of the molecule is CC(C)(C)c1ccc(N(c2ccc(C(C)(C)C)cc2)c2cc3c(c4ccccc24)-c2cc4c(cc2C3(C)C)-c2c(ccc3ccccc23)C4(C)C)cc1. The molecular formula is C52H51N. The smallest absolute Gasteiger partial charge is 0.0543 e. The molecule has 0 fully saturated rings. The molecule has 1 nitrogen and oxygen atoms in total. The number of hydrogen-bond acceptors (Lipinski definition) is 1. The average molecular weight is 690 g/mol. The molecule has 7 aromatic carbocycles. The lowest BCUT2D eigenvalue weighted by atomic mass is 9.79. The quantitative estimate of drug-likeness (QED) is 0.178. The summed E-state index contributed by atoms with van der Waals surface area (Å²) in [5.41, 5.74) is 17.3. The highest BCUT2D eigenvalue weighted by atomic mass is 15.1. The third-order valence-corrected chi connectivity index (χ3v) is 12.6. The summed E-state index contributed by atoms with van der Waals surface area (Å²) in [6, 6.07) is 48.8. The molecule has 264 valence electrons. The highest BCUT2D eigenvalue weighted by Crippen LogP contribution is 2.59. The summed E-state index contributed by atoms with van der Waals surface area (Å²) in [6.07, 6.45) is 0. The van der Waals surface area contributed by atoms with E-state index in [-0.39, 0.29) is 21.7 Å². The number of benzene rings is 7. The molecule has 0 saturated heterocycles. The van der Waals surface area contributed by atoms with Crippen molar-refractivity contribution in [1.82, 2.24) is 0 Å². The van der Waals surface area contributed by atoms with Crippen molar-refractivity contribution in [2.75, 3.05) is 4.90 Å². The zero-order valence-electron chi connectivity index (χ0n) is 33.1. The van der Waals surface area contributed by atoms with Crippen LogP contribution in [0.5, 0.6) is 0 Å². The van der Waals surface area contributed by atoms with Gasteiger partial charge in [0.15, 0.2) is 0 Å². The Morgan fingerprint density at radius 3 is 1.40 bits per heavy atom. The van der Waals surface area contributed by atoms with Crippen LogP contribution in [0.15, 0.2) is 127 Å². The van der Waals surface area contributed by atoms with Gasteiger partial charge >= 0.3 is 0 Å². The average Bonchev–Trinajstić information content (AvgIpc) is 3.49. The first-order valence-corrected chi connectivity index (χ1v) is 19.4. The number of fused-ring (bicyclic) bond motifs is 10. The topological polar surface area (TPSA) is 3.24 Å². The van der Waals surface area contributed by atoms with Gasteiger partial charge in [0.1, 0.15) is 0 Å². The molecule has 0 aromatic heterocycles. The van der Waals surface area contributed by atoms with Crippen LogP contribution in [0.25, 0.3) is 43.8 Å². The number of anilines is 3. The van der Waals surface area contributed by atoms with Crippen LogP contribution in [-0.4, -0.2) is 0 Å². The van der Waals surface area contributed by atoms with Crippen molar-refractivity contribution in [2.24, 2.45) is 0 Å². The van der Waals surface area contributed by atoms with Crippen molar-refractivity contribution < 1.29 is 0 Å². The summed E-state index contributed by atoms with van der Waals surface area (Å²) >= 11 is 0. The highest BCUT2D eigenvalue weighted by Gasteiger charge is 2.43. The van der Waals surface area contributed by atoms with E-state index in [1.807, 2.05) is 0 Å². The van der Waals surface area contributed by atoms with Crippen molar-refractivity contribution in [2.45, 2.75) is 90.9 Å². The van der Waals surface area contributed by atoms with Crippen LogP contribution in [0.2, 0.25) is 0 Å². The molecular weight excluding hydrogens is 639 g/mol. The Morgan fingerprint density at radius 2 is 0.868 bits per heavy atom. The maximum atomic E-state index is 2.56. The zero-order valence-corrected chi connectivity index (χ0v) is 33.1. The van der Waals surface area contributed by atoms with Crippen molar-refractivity contribution >= 4 is 38.6 Å². The molecule has 1 heteroatoms. The molecule has 0 atom stereocenters. The van der Waals surface area contributed by atoms with Gasteiger partial charge in [0.25, 0.3) is 0 Å². The first-order chi connectivity index (χ1) is 25.1. The summed E-state index contributed by atoms with van der Waals surface area (Å²) < 4.78 is 0. The molecule has 2 aliphatic rings. The molecule has 0 amide bonds. The van der Waals surface area contributed by atoms with Gasteiger partial charge in [0.05, 0.1) is 5.69 Å². The van der Waals surface area contributed by atoms with Crippen LogP contribution >= 0.6 is 0 Å². The normalized spacial score (nSPS) is 15.3. The largest absolute Gasteiger partial charge is 0.310 e. The van der Waals surface area contributed by atoms with Crippen molar-refractivity contribution in [3.05, 3.63) is 161 Å². The van der Waals surface area contributed by atoms with Crippen molar-refractivity contribution in [1.29, 1.82) is 0 Å². The van der Waals surface area contributed by atoms with E-state index < -0.39 is 0 Å². The van der Waals surface area contributed by atoms with E-state index in [0.29, 0.717) is 0 Å². The fraction of sp³-hybridized carbons (Fsp3) is 0.269. The molecule has 0 heterocycles. The molecule has 2 aliphatic carbocycles. The molecule has 0 spiro atoms. The molecule has 0 unspecified atom stereocenters. The van der Waals surface area contributed by atoms with E-state index in [2.05, 4.69) is 202 Å². The second-order valence-corrected chi connectivity index (χ2v) is 18.7. The van der Waals surface area contributed by atoms with E-state index in [0.717, 1.165) is 0 Å². The summed E-state index contributed by atoms with van der Waals surface area (Å²) in [5.74, 6) is 0. The van der Waals surface area contributed by atoms with E-state index in [1.54, 1.807) is 0 Å². The maximum absolute atomic E-state index is 2.56. The third kappa shape index (κ3) is 4.96. The van der Waals surface area contributed by atoms with Crippen LogP contribution < -0.4 is 4.90 Å². The number of rotatable bonds is 3. The van der Waals surface area contributed by atoms with Gasteiger partial charge < -0.3 is 4.90 Å². The summed E-state index contributed by atoms with van der Waals surface area (Å²) in [5, 5.41) is 5.24. The van der Waals surface area contributed by atoms with Crippen molar-refractivity contribution in [3.63, 3.8) is 0 Å². The van der Waals surface area contributed by atoms with Crippen LogP contribution in [-0.2, 0) is 21.7 Å². The third-order valence-electron chi connectivity index (χ3n) is 12.6. The van der Waals surface area contributed by atoms with E-state index in [9.17, 15) is 0 Å². The predicted octanol–water partition coefficient (Wildman–Crippen LogP) is 14.7. The van der Waals surface area contributed by atoms with Gasteiger partial charge in [-0.15, -0.1) is 0 Å². The summed E-state index contributed by atoms with van der Waals surface area (Å²) in [6.45, 7) is 23.4. The highest BCUT2D eigenvalue weighted by molar-refractivity contribution is 6.11. The van der Waals surface area contributed by atoms with Gasteiger partial charge in [0, 0.05) is 27.6 Å². The lowest BCUT2D eigenvalue weighted by molar-refractivity contribution is 0.590. The zero-order chi connectivity index (χ0) is 37.2. The molecule has 0 bridgehead atoms. The molecule has 0 aliphatic heterocycles. The van der Waals surface area contributed by atoms with Crippen LogP contribution in [0.1, 0.15) is 103 Å². The second-order valence-electron chi connectivity index (χ2n) is 18.7. The second kappa shape index (κ2) is 11.2. The summed E-state index contributed by atoms with van der Waals surface area (Å²) in [7, 11) is 0. The van der Waals surface area contributed by atoms with Crippen molar-refractivity contribution in [3.8, 4) is 22.3 Å². The molecule has 0 N–H and O–H groups in total. The molecule has 0 radical (unpaired) electrons. The van der Waals surface area contributed by atoms with E-state index in [1.165, 1.54) is 94.2 Å². The van der Waals surface area contributed by atoms with Gasteiger partial charge in [-0.05, 0) is 125 Å². The Morgan fingerprint density at radius 1 is 0.415 bits per heavy atom. The first-order valence-electron chi connectivity index (χ1n) is 19.4. The fourth-order valence-corrected chi connectivity index (χ4v) is 9.39. The van der Waals surface area contributed by atoms with E-state index >= 15 is 0 Å². The lowest BCUT2D eigenvalue weighted by Crippen LogP contribution is -2.18. The molecule has 7 aromatic rings. The van der Waals surface area contributed by atoms with Gasteiger partial charge in [-0.2, -0.15) is 0 Å². The minimum absolute atomic E-state index is 0.0788. The Balaban J connectivity index is 1.29. The Hall–Kier alpha value is -5.14. The van der Waals surface area contributed by atoms with E-state index in [4.69, 9.17) is 0 Å². The maximum Gasteiger partial charge on any atom is 0.0543 e. The molecule has 53 heavy (non-hydrogen) atoms. The predicted molar refractivity (Wildman–Crippen MR) is 229 cm³/mol. The molecule has 0 saturated carbocycles. The lowest BCUT2D eigenvalue weighted by Gasteiger charge is -2.31. The fourth-order valence-electron chi connectivity index (χ4n) is 9.39. The molecule has 9 rings (SSSR count). The van der Waals surface area contributed by atoms with Gasteiger partial charge in [-0.25, -0.2) is 0 Å². The summed E-state index contributed by atoms with van der Waals surface area (Å²) in [4.78, 5) is 2.49. The standard InChI is InChI=1S/C52H51N/c1-49(2,3)33-20-24-35(25-21-33)53(36-26-22-34(23-27-36)50(4,5)6)46-31-45-48(39-18-14-13-17-38(39)46)41-30-43-40(29-44(41)52(45,9)10)47-37-16-12-11-15-32(37)19-28-42(47)51(43,7)8/h11-31H,1-10H3. The van der Waals surface area contributed by atoms with Gasteiger partial charge in [-0.3, -0.25) is 0 Å². The minimum Gasteiger partial charge on any atom is -0.310 e. The number of nitrogens with zero attached hydrogens (tertiary/aromatic N) is 1.